The molecule has 218 valence electrons. The van der Waals surface area contributed by atoms with E-state index in [2.05, 4.69) is 13.8 Å². The summed E-state index contributed by atoms with van der Waals surface area (Å²) in [6.07, 6.45) is 9.36. The van der Waals surface area contributed by atoms with E-state index >= 15 is 0 Å². The Kier molecular flexibility index (Phi) is 10.3. The van der Waals surface area contributed by atoms with E-state index in [1.807, 2.05) is 72.8 Å². The zero-order valence-electron chi connectivity index (χ0n) is 24.5. The number of ketones is 1. The minimum Gasteiger partial charge on any atom is -0.494 e. The van der Waals surface area contributed by atoms with E-state index in [1.165, 1.54) is 38.5 Å². The number of fused-ring (bicyclic) bond motifs is 3. The molecule has 4 aromatic rings. The molecular formula is C37H38Cl2O3. The number of unbranched alkanes of at least 4 members (excludes halogenated alkanes) is 6. The number of carbonyl (C=O) groups excluding carboxylic acids is 1. The molecule has 3 nitrogen and oxygen atoms in total. The SMILES string of the molecule is CCCCCCOc1ccc(-c2cc3c(cc2Cl)-c2cc(Cl)c(-c4ccc(OCCCCCC)cc4)cc2C3=O)cc1. The lowest BCUT2D eigenvalue weighted by Gasteiger charge is -2.11. The van der Waals surface area contributed by atoms with E-state index in [0.717, 1.165) is 57.7 Å². The summed E-state index contributed by atoms with van der Waals surface area (Å²) < 4.78 is 11.8. The lowest BCUT2D eigenvalue weighted by atomic mass is 9.98. The van der Waals surface area contributed by atoms with Gasteiger partial charge in [-0.15, -0.1) is 0 Å². The van der Waals surface area contributed by atoms with Gasteiger partial charge in [-0.25, -0.2) is 0 Å². The summed E-state index contributed by atoms with van der Waals surface area (Å²) >= 11 is 13.6. The van der Waals surface area contributed by atoms with Crippen molar-refractivity contribution in [2.45, 2.75) is 65.2 Å². The Balaban J connectivity index is 1.32. The van der Waals surface area contributed by atoms with Crippen molar-refractivity contribution in [3.63, 3.8) is 0 Å². The van der Waals surface area contributed by atoms with E-state index < -0.39 is 0 Å². The smallest absolute Gasteiger partial charge is 0.194 e. The Hall–Kier alpha value is -3.27. The van der Waals surface area contributed by atoms with Crippen molar-refractivity contribution in [2.24, 2.45) is 0 Å². The van der Waals surface area contributed by atoms with Crippen molar-refractivity contribution in [1.82, 2.24) is 0 Å². The highest BCUT2D eigenvalue weighted by atomic mass is 35.5. The third kappa shape index (κ3) is 6.85. The molecule has 0 saturated heterocycles. The molecule has 0 spiro atoms. The van der Waals surface area contributed by atoms with Crippen molar-refractivity contribution < 1.29 is 14.3 Å². The quantitative estimate of drug-likeness (QED) is 0.119. The summed E-state index contributed by atoms with van der Waals surface area (Å²) in [7, 11) is 0. The summed E-state index contributed by atoms with van der Waals surface area (Å²) in [5.41, 5.74) is 6.44. The van der Waals surface area contributed by atoms with Gasteiger partial charge in [-0.3, -0.25) is 4.79 Å². The van der Waals surface area contributed by atoms with Crippen LogP contribution in [0.2, 0.25) is 10.0 Å². The minimum atomic E-state index is -0.0186. The molecule has 0 N–H and O–H groups in total. The highest BCUT2D eigenvalue weighted by Gasteiger charge is 2.29. The van der Waals surface area contributed by atoms with Crippen molar-refractivity contribution in [3.05, 3.63) is 94.0 Å². The number of ether oxygens (including phenoxy) is 2. The summed E-state index contributed by atoms with van der Waals surface area (Å²) in [6.45, 7) is 5.84. The van der Waals surface area contributed by atoms with Crippen LogP contribution in [0.1, 0.15) is 81.1 Å². The van der Waals surface area contributed by atoms with Gasteiger partial charge in [0.15, 0.2) is 5.78 Å². The van der Waals surface area contributed by atoms with Gasteiger partial charge < -0.3 is 9.47 Å². The maximum Gasteiger partial charge on any atom is 0.194 e. The first kappa shape index (κ1) is 30.2. The second kappa shape index (κ2) is 14.3. The molecule has 5 heteroatoms. The molecule has 0 atom stereocenters. The van der Waals surface area contributed by atoms with Gasteiger partial charge in [0, 0.05) is 32.3 Å². The molecule has 0 radical (unpaired) electrons. The highest BCUT2D eigenvalue weighted by Crippen LogP contribution is 2.45. The van der Waals surface area contributed by atoms with E-state index in [0.29, 0.717) is 34.4 Å². The average molecular weight is 602 g/mol. The number of rotatable bonds is 14. The number of carbonyl (C=O) groups is 1. The van der Waals surface area contributed by atoms with Crippen LogP contribution in [-0.4, -0.2) is 19.0 Å². The molecule has 5 rings (SSSR count). The summed E-state index contributed by atoms with van der Waals surface area (Å²) in [5.74, 6) is 1.66. The van der Waals surface area contributed by atoms with Crippen LogP contribution >= 0.6 is 23.2 Å². The second-order valence-electron chi connectivity index (χ2n) is 11.0. The van der Waals surface area contributed by atoms with Crippen LogP contribution in [-0.2, 0) is 0 Å². The zero-order chi connectivity index (χ0) is 29.5. The van der Waals surface area contributed by atoms with Gasteiger partial charge >= 0.3 is 0 Å². The van der Waals surface area contributed by atoms with Crippen molar-refractivity contribution in [3.8, 4) is 44.9 Å². The first-order valence-corrected chi connectivity index (χ1v) is 15.9. The Morgan fingerprint density at radius 3 is 1.29 bits per heavy atom. The Bertz CT molecular complexity index is 1410. The Morgan fingerprint density at radius 1 is 0.500 bits per heavy atom. The van der Waals surface area contributed by atoms with Crippen molar-refractivity contribution in [2.75, 3.05) is 13.2 Å². The standard InChI is InChI=1S/C37H38Cl2O3/c1-3-5-7-9-19-41-27-15-11-25(12-16-27)29-21-33-31(23-35(29)38)32-24-36(39)30(22-34(32)37(33)40)26-13-17-28(18-14-26)42-20-10-8-6-4-2/h11-18,21-24H,3-10,19-20H2,1-2H3. The fraction of sp³-hybridized carbons (Fsp3) is 0.324. The predicted molar refractivity (Wildman–Crippen MR) is 175 cm³/mol. The first-order chi connectivity index (χ1) is 20.5. The maximum absolute atomic E-state index is 13.6. The molecule has 0 heterocycles. The molecule has 0 unspecified atom stereocenters. The van der Waals surface area contributed by atoms with Crippen LogP contribution in [0.15, 0.2) is 72.8 Å². The van der Waals surface area contributed by atoms with Crippen molar-refractivity contribution in [1.29, 1.82) is 0 Å². The lowest BCUT2D eigenvalue weighted by Crippen LogP contribution is -1.98. The molecule has 1 aliphatic carbocycles. The molecule has 0 aliphatic heterocycles. The number of hydrogen-bond acceptors (Lipinski definition) is 3. The minimum absolute atomic E-state index is 0.0186. The van der Waals surface area contributed by atoms with E-state index in [9.17, 15) is 4.79 Å². The van der Waals surface area contributed by atoms with E-state index in [1.54, 1.807) is 0 Å². The monoisotopic (exact) mass is 600 g/mol. The lowest BCUT2D eigenvalue weighted by molar-refractivity contribution is 0.104. The predicted octanol–water partition coefficient (Wildman–Crippen LogP) is 11.5. The zero-order valence-corrected chi connectivity index (χ0v) is 26.0. The Morgan fingerprint density at radius 2 is 0.905 bits per heavy atom. The maximum atomic E-state index is 13.6. The molecule has 0 saturated carbocycles. The fourth-order valence-corrected chi connectivity index (χ4v) is 6.00. The molecule has 1 aliphatic rings. The molecule has 0 bridgehead atoms. The van der Waals surface area contributed by atoms with Crippen LogP contribution in [0.4, 0.5) is 0 Å². The van der Waals surface area contributed by atoms with Crippen LogP contribution in [0.25, 0.3) is 33.4 Å². The summed E-state index contributed by atoms with van der Waals surface area (Å²) in [5, 5.41) is 1.18. The molecule has 42 heavy (non-hydrogen) atoms. The molecule has 0 fully saturated rings. The number of halogens is 2. The van der Waals surface area contributed by atoms with E-state index in [4.69, 9.17) is 32.7 Å². The molecule has 0 aromatic heterocycles. The van der Waals surface area contributed by atoms with Crippen molar-refractivity contribution >= 4 is 29.0 Å². The largest absolute Gasteiger partial charge is 0.494 e. The average Bonchev–Trinajstić information content (AvgIpc) is 3.26. The summed E-state index contributed by atoms with van der Waals surface area (Å²) in [4.78, 5) is 13.6. The Labute approximate surface area is 259 Å². The van der Waals surface area contributed by atoms with Gasteiger partial charge in [0.1, 0.15) is 11.5 Å². The van der Waals surface area contributed by atoms with Gasteiger partial charge in [0.05, 0.1) is 13.2 Å². The fourth-order valence-electron chi connectivity index (χ4n) is 5.45. The number of benzene rings is 4. The van der Waals surface area contributed by atoms with Crippen LogP contribution in [0.3, 0.4) is 0 Å². The summed E-state index contributed by atoms with van der Waals surface area (Å²) in [6, 6.07) is 23.4. The molecule has 0 amide bonds. The second-order valence-corrected chi connectivity index (χ2v) is 11.8. The third-order valence-corrected chi connectivity index (χ3v) is 8.48. The topological polar surface area (TPSA) is 35.5 Å². The molecule has 4 aromatic carbocycles. The van der Waals surface area contributed by atoms with Crippen LogP contribution in [0, 0.1) is 0 Å². The van der Waals surface area contributed by atoms with Crippen LogP contribution in [0.5, 0.6) is 11.5 Å². The van der Waals surface area contributed by atoms with Gasteiger partial charge in [-0.1, -0.05) is 99.8 Å². The normalized spacial score (nSPS) is 11.9. The molecular weight excluding hydrogens is 563 g/mol. The van der Waals surface area contributed by atoms with Gasteiger partial charge in [0.25, 0.3) is 0 Å². The highest BCUT2D eigenvalue weighted by molar-refractivity contribution is 6.36. The number of hydrogen-bond donors (Lipinski definition) is 0. The third-order valence-electron chi connectivity index (χ3n) is 7.86. The first-order valence-electron chi connectivity index (χ1n) is 15.2. The van der Waals surface area contributed by atoms with E-state index in [-0.39, 0.29) is 5.78 Å². The van der Waals surface area contributed by atoms with Gasteiger partial charge in [0.2, 0.25) is 0 Å². The van der Waals surface area contributed by atoms with Crippen LogP contribution < -0.4 is 9.47 Å². The van der Waals surface area contributed by atoms with Gasteiger partial charge in [-0.05, 0) is 83.6 Å². The van der Waals surface area contributed by atoms with Gasteiger partial charge in [-0.2, -0.15) is 0 Å².